The first-order valence-corrected chi connectivity index (χ1v) is 20.8. The van der Waals surface area contributed by atoms with E-state index in [9.17, 15) is 14.4 Å². The Balaban J connectivity index is 1.13. The van der Waals surface area contributed by atoms with E-state index in [1.54, 1.807) is 0 Å². The van der Waals surface area contributed by atoms with Crippen LogP contribution in [0.2, 0.25) is 0 Å². The number of aliphatic carboxylic acids is 1. The number of fused-ring (bicyclic) bond motifs is 5. The van der Waals surface area contributed by atoms with Crippen LogP contribution in [0, 0.1) is 46.3 Å². The molecule has 0 bridgehead atoms. The highest BCUT2D eigenvalue weighted by Crippen LogP contribution is 2.68. The van der Waals surface area contributed by atoms with Gasteiger partial charge in [-0.3, -0.25) is 14.4 Å². The van der Waals surface area contributed by atoms with E-state index in [1.807, 2.05) is 0 Å². The fourth-order valence-electron chi connectivity index (χ4n) is 11.7. The second-order valence-electron chi connectivity index (χ2n) is 17.5. The molecule has 0 aromatic rings. The van der Waals surface area contributed by atoms with Crippen LogP contribution in [0.5, 0.6) is 0 Å². The van der Waals surface area contributed by atoms with Crippen molar-refractivity contribution >= 4 is 17.8 Å². The number of carboxylic acids is 1. The molecule has 4 aliphatic rings. The molecule has 4 saturated carbocycles. The monoisotopic (exact) mass is 672 g/mol. The fourth-order valence-corrected chi connectivity index (χ4v) is 11.7. The van der Waals surface area contributed by atoms with Gasteiger partial charge in [-0.05, 0) is 117 Å². The van der Waals surface area contributed by atoms with Crippen LogP contribution >= 0.6 is 0 Å². The Kier molecular flexibility index (Phi) is 15.6. The molecule has 0 spiro atoms. The SMILES string of the molecule is CCCCCCCCCCCCCCCC(=O)OC1CCC2(C)C(CCC3C2CCC2(C)C(C(C)CCC(=O)NCC(=O)O)CCC32)C1. The number of carbonyl (C=O) groups is 3. The second-order valence-corrected chi connectivity index (χ2v) is 17.5. The third kappa shape index (κ3) is 10.5. The van der Waals surface area contributed by atoms with E-state index in [4.69, 9.17) is 9.84 Å². The maximum atomic E-state index is 12.8. The van der Waals surface area contributed by atoms with Crippen molar-refractivity contribution < 1.29 is 24.2 Å². The molecule has 0 radical (unpaired) electrons. The highest BCUT2D eigenvalue weighted by Gasteiger charge is 2.60. The number of amides is 1. The van der Waals surface area contributed by atoms with Gasteiger partial charge in [-0.25, -0.2) is 0 Å². The highest BCUT2D eigenvalue weighted by molar-refractivity contribution is 5.81. The van der Waals surface area contributed by atoms with Crippen LogP contribution < -0.4 is 5.32 Å². The van der Waals surface area contributed by atoms with Crippen LogP contribution in [0.3, 0.4) is 0 Å². The minimum absolute atomic E-state index is 0.0410. The van der Waals surface area contributed by atoms with Crippen molar-refractivity contribution in [1.82, 2.24) is 5.32 Å². The standard InChI is InChI=1S/C42H73NO5/c1-5-6-7-8-9-10-11-12-13-14-15-16-17-18-40(47)48-33-25-27-41(3)32(29-33)20-21-34-36-23-22-35(42(36,4)28-26-37(34)41)31(2)19-24-38(44)43-30-39(45)46/h31-37H,5-30H2,1-4H3,(H,43,44)(H,45,46). The molecule has 48 heavy (non-hydrogen) atoms. The summed E-state index contributed by atoms with van der Waals surface area (Å²) >= 11 is 0. The lowest BCUT2D eigenvalue weighted by Gasteiger charge is -2.61. The fraction of sp³-hybridized carbons (Fsp3) is 0.929. The van der Waals surface area contributed by atoms with Crippen LogP contribution in [0.25, 0.3) is 0 Å². The van der Waals surface area contributed by atoms with Crippen LogP contribution in [-0.4, -0.2) is 35.6 Å². The Morgan fingerprint density at radius 1 is 0.750 bits per heavy atom. The lowest BCUT2D eigenvalue weighted by Crippen LogP contribution is -2.54. The third-order valence-corrected chi connectivity index (χ3v) is 14.4. The summed E-state index contributed by atoms with van der Waals surface area (Å²) in [5, 5.41) is 11.4. The van der Waals surface area contributed by atoms with Gasteiger partial charge >= 0.3 is 11.9 Å². The highest BCUT2D eigenvalue weighted by atomic mass is 16.5. The lowest BCUT2D eigenvalue weighted by molar-refractivity contribution is -0.162. The Labute approximate surface area is 294 Å². The summed E-state index contributed by atoms with van der Waals surface area (Å²) in [6.07, 6.45) is 30.2. The molecule has 2 N–H and O–H groups in total. The number of carboxylic acid groups (broad SMARTS) is 1. The molecule has 6 nitrogen and oxygen atoms in total. The number of rotatable bonds is 21. The van der Waals surface area contributed by atoms with Crippen LogP contribution in [0.4, 0.5) is 0 Å². The molecule has 0 aromatic heterocycles. The molecule has 4 fully saturated rings. The maximum Gasteiger partial charge on any atom is 0.322 e. The molecule has 276 valence electrons. The molecule has 0 saturated heterocycles. The predicted octanol–water partition coefficient (Wildman–Crippen LogP) is 10.7. The van der Waals surface area contributed by atoms with E-state index < -0.39 is 5.97 Å². The van der Waals surface area contributed by atoms with Gasteiger partial charge in [0.05, 0.1) is 0 Å². The Morgan fingerprint density at radius 2 is 1.35 bits per heavy atom. The van der Waals surface area contributed by atoms with Crippen molar-refractivity contribution in [2.75, 3.05) is 6.54 Å². The van der Waals surface area contributed by atoms with E-state index in [2.05, 4.69) is 33.0 Å². The summed E-state index contributed by atoms with van der Waals surface area (Å²) in [4.78, 5) is 35.8. The minimum atomic E-state index is -0.988. The number of nitrogens with one attached hydrogen (secondary N) is 1. The Bertz CT molecular complexity index is 1010. The Morgan fingerprint density at radius 3 is 2.00 bits per heavy atom. The molecular weight excluding hydrogens is 598 g/mol. The van der Waals surface area contributed by atoms with Gasteiger partial charge < -0.3 is 15.2 Å². The predicted molar refractivity (Wildman–Crippen MR) is 194 cm³/mol. The van der Waals surface area contributed by atoms with E-state index in [1.165, 1.54) is 116 Å². The zero-order chi connectivity index (χ0) is 34.6. The van der Waals surface area contributed by atoms with E-state index in [0.717, 1.165) is 49.9 Å². The number of hydrogen-bond donors (Lipinski definition) is 2. The first-order valence-electron chi connectivity index (χ1n) is 20.8. The first-order chi connectivity index (χ1) is 23.1. The summed E-state index contributed by atoms with van der Waals surface area (Å²) in [5.41, 5.74) is 0.718. The normalized spacial score (nSPS) is 33.2. The number of esters is 1. The topological polar surface area (TPSA) is 92.7 Å². The van der Waals surface area contributed by atoms with Crippen molar-refractivity contribution in [2.24, 2.45) is 46.3 Å². The number of unbranched alkanes of at least 4 members (excludes halogenated alkanes) is 12. The Hall–Kier alpha value is -1.59. The molecule has 6 heteroatoms. The van der Waals surface area contributed by atoms with E-state index >= 15 is 0 Å². The van der Waals surface area contributed by atoms with Crippen molar-refractivity contribution in [3.05, 3.63) is 0 Å². The molecule has 9 unspecified atom stereocenters. The van der Waals surface area contributed by atoms with Crippen molar-refractivity contribution in [1.29, 1.82) is 0 Å². The average molecular weight is 672 g/mol. The minimum Gasteiger partial charge on any atom is -0.480 e. The van der Waals surface area contributed by atoms with Crippen LogP contribution in [0.15, 0.2) is 0 Å². The molecule has 0 aliphatic heterocycles. The molecule has 0 aromatic carbocycles. The quantitative estimate of drug-likeness (QED) is 0.0936. The van der Waals surface area contributed by atoms with Crippen molar-refractivity contribution in [3.8, 4) is 0 Å². The van der Waals surface area contributed by atoms with E-state index in [-0.39, 0.29) is 24.5 Å². The number of carbonyl (C=O) groups excluding carboxylic acids is 2. The second kappa shape index (κ2) is 19.1. The van der Waals surface area contributed by atoms with Gasteiger partial charge in [0.25, 0.3) is 0 Å². The van der Waals surface area contributed by atoms with Crippen LogP contribution in [-0.2, 0) is 19.1 Å². The maximum absolute atomic E-state index is 12.8. The smallest absolute Gasteiger partial charge is 0.322 e. The molecule has 0 heterocycles. The molecule has 4 aliphatic carbocycles. The molecule has 9 atom stereocenters. The van der Waals surface area contributed by atoms with Gasteiger partial charge in [0, 0.05) is 12.8 Å². The number of hydrogen-bond acceptors (Lipinski definition) is 4. The third-order valence-electron chi connectivity index (χ3n) is 14.4. The van der Waals surface area contributed by atoms with Crippen molar-refractivity contribution in [3.63, 3.8) is 0 Å². The van der Waals surface area contributed by atoms with Gasteiger partial charge in [-0.1, -0.05) is 105 Å². The molecule has 4 rings (SSSR count). The summed E-state index contributed by atoms with van der Waals surface area (Å²) in [7, 11) is 0. The van der Waals surface area contributed by atoms with Gasteiger partial charge in [0.2, 0.25) is 5.91 Å². The number of ether oxygens (including phenoxy) is 1. The lowest BCUT2D eigenvalue weighted by atomic mass is 9.44. The molecule has 1 amide bonds. The summed E-state index contributed by atoms with van der Waals surface area (Å²) in [6.45, 7) is 9.47. The van der Waals surface area contributed by atoms with Crippen molar-refractivity contribution in [2.45, 2.75) is 194 Å². The van der Waals surface area contributed by atoms with Gasteiger partial charge in [0.15, 0.2) is 0 Å². The zero-order valence-corrected chi connectivity index (χ0v) is 31.5. The van der Waals surface area contributed by atoms with Gasteiger partial charge in [-0.15, -0.1) is 0 Å². The van der Waals surface area contributed by atoms with Crippen LogP contribution in [0.1, 0.15) is 188 Å². The summed E-state index contributed by atoms with van der Waals surface area (Å²) in [5.74, 6) is 3.07. The zero-order valence-electron chi connectivity index (χ0n) is 31.5. The molecular formula is C42H73NO5. The van der Waals surface area contributed by atoms with Gasteiger partial charge in [-0.2, -0.15) is 0 Å². The summed E-state index contributed by atoms with van der Waals surface area (Å²) < 4.78 is 6.12. The van der Waals surface area contributed by atoms with Gasteiger partial charge in [0.1, 0.15) is 12.6 Å². The first kappa shape index (κ1) is 39.2. The largest absolute Gasteiger partial charge is 0.480 e. The van der Waals surface area contributed by atoms with E-state index in [0.29, 0.717) is 41.4 Å². The summed E-state index contributed by atoms with van der Waals surface area (Å²) in [6, 6.07) is 0. The average Bonchev–Trinajstić information content (AvgIpc) is 3.42.